The van der Waals surface area contributed by atoms with Crippen LogP contribution in [0.15, 0.2) is 0 Å². The molecule has 1 aliphatic heterocycles. The molecule has 0 spiro atoms. The van der Waals surface area contributed by atoms with Crippen LogP contribution in [0.5, 0.6) is 0 Å². The molecule has 0 radical (unpaired) electrons. The molecule has 6 heteroatoms. The van der Waals surface area contributed by atoms with Crippen LogP contribution in [0.3, 0.4) is 0 Å². The average molecular weight is 278 g/mol. The smallest absolute Gasteiger partial charge is 0.242 e. The molecule has 20 heavy (non-hydrogen) atoms. The van der Waals surface area contributed by atoms with E-state index in [2.05, 4.69) is 20.8 Å². The first-order valence-electron chi connectivity index (χ1n) is 7.15. The number of amides is 2. The van der Waals surface area contributed by atoms with Gasteiger partial charge < -0.3 is 10.6 Å². The highest BCUT2D eigenvalue weighted by Crippen LogP contribution is 2.11. The molecule has 0 unspecified atom stereocenters. The van der Waals surface area contributed by atoms with Crippen molar-refractivity contribution in [3.8, 4) is 0 Å². The molecule has 0 aromatic carbocycles. The molecule has 1 aliphatic rings. The highest BCUT2D eigenvalue weighted by atomic mass is 16.2. The van der Waals surface area contributed by atoms with Gasteiger partial charge >= 0.3 is 0 Å². The summed E-state index contributed by atoms with van der Waals surface area (Å²) in [6.45, 7) is 4.66. The highest BCUT2D eigenvalue weighted by molar-refractivity contribution is 5.87. The van der Waals surface area contributed by atoms with E-state index in [-0.39, 0.29) is 17.9 Å². The van der Waals surface area contributed by atoms with Gasteiger partial charge in [0.05, 0.1) is 5.69 Å². The zero-order valence-electron chi connectivity index (χ0n) is 12.1. The zero-order chi connectivity index (χ0) is 14.5. The minimum Gasteiger partial charge on any atom is -0.354 e. The summed E-state index contributed by atoms with van der Waals surface area (Å²) in [7, 11) is 0. The lowest BCUT2D eigenvalue weighted by atomic mass is 10.1. The maximum Gasteiger partial charge on any atom is 0.242 e. The number of carbonyl (C=O) groups excluding carboxylic acids is 2. The van der Waals surface area contributed by atoms with Crippen LogP contribution in [0, 0.1) is 13.8 Å². The summed E-state index contributed by atoms with van der Waals surface area (Å²) in [6, 6.07) is -0.382. The minimum atomic E-state index is -0.382. The molecule has 0 saturated carbocycles. The number of hydrogen-bond acceptors (Lipinski definition) is 3. The largest absolute Gasteiger partial charge is 0.354 e. The summed E-state index contributed by atoms with van der Waals surface area (Å²) < 4.78 is 0. The second kappa shape index (κ2) is 6.54. The number of aromatic amines is 1. The monoisotopic (exact) mass is 278 g/mol. The normalized spacial score (nSPS) is 19.3. The third-order valence-electron chi connectivity index (χ3n) is 3.81. The fourth-order valence-electron chi connectivity index (χ4n) is 2.35. The summed E-state index contributed by atoms with van der Waals surface area (Å²) in [5, 5.41) is 12.7. The van der Waals surface area contributed by atoms with Crippen molar-refractivity contribution in [1.82, 2.24) is 20.8 Å². The number of nitrogens with one attached hydrogen (secondary N) is 3. The first-order chi connectivity index (χ1) is 9.58. The Morgan fingerprint density at radius 3 is 2.90 bits per heavy atom. The Morgan fingerprint density at radius 2 is 2.20 bits per heavy atom. The lowest BCUT2D eigenvalue weighted by Gasteiger charge is -2.14. The van der Waals surface area contributed by atoms with Crippen LogP contribution in [0.1, 0.15) is 42.6 Å². The second-order valence-electron chi connectivity index (χ2n) is 5.33. The van der Waals surface area contributed by atoms with Crippen LogP contribution in [0.25, 0.3) is 0 Å². The number of H-pyrrole nitrogens is 1. The van der Waals surface area contributed by atoms with Crippen molar-refractivity contribution in [1.29, 1.82) is 0 Å². The standard InChI is InChI=1S/C14H22N4O2/c1-9-10(2)17-18-11(9)6-7-13(19)16-12-5-3-4-8-15-14(12)20/h12H,3-8H2,1-2H3,(H,15,20)(H,16,19)(H,17,18)/t12-/m0/s1. The van der Waals surface area contributed by atoms with E-state index in [0.717, 1.165) is 36.2 Å². The minimum absolute atomic E-state index is 0.0670. The van der Waals surface area contributed by atoms with E-state index >= 15 is 0 Å². The molecule has 0 bridgehead atoms. The number of carbonyl (C=O) groups is 2. The van der Waals surface area contributed by atoms with Gasteiger partial charge in [0.25, 0.3) is 0 Å². The van der Waals surface area contributed by atoms with Crippen LogP contribution in [0.2, 0.25) is 0 Å². The molecule has 1 aromatic rings. The first-order valence-corrected chi connectivity index (χ1v) is 7.15. The Bertz CT molecular complexity index is 495. The van der Waals surface area contributed by atoms with Crippen molar-refractivity contribution in [3.63, 3.8) is 0 Å². The topological polar surface area (TPSA) is 86.9 Å². The van der Waals surface area contributed by atoms with Crippen LogP contribution < -0.4 is 10.6 Å². The van der Waals surface area contributed by atoms with Crippen LogP contribution in [-0.2, 0) is 16.0 Å². The number of aromatic nitrogens is 2. The number of aryl methyl sites for hydroxylation is 2. The van der Waals surface area contributed by atoms with Gasteiger partial charge in [-0.05, 0) is 38.7 Å². The van der Waals surface area contributed by atoms with Gasteiger partial charge in [0.2, 0.25) is 11.8 Å². The second-order valence-corrected chi connectivity index (χ2v) is 5.33. The van der Waals surface area contributed by atoms with Crippen molar-refractivity contribution < 1.29 is 9.59 Å². The zero-order valence-corrected chi connectivity index (χ0v) is 12.1. The lowest BCUT2D eigenvalue weighted by Crippen LogP contribution is -2.45. The van der Waals surface area contributed by atoms with Crippen molar-refractivity contribution >= 4 is 11.8 Å². The highest BCUT2D eigenvalue weighted by Gasteiger charge is 2.22. The van der Waals surface area contributed by atoms with Crippen molar-refractivity contribution in [2.24, 2.45) is 0 Å². The number of nitrogens with zero attached hydrogens (tertiary/aromatic N) is 1. The van der Waals surface area contributed by atoms with E-state index in [0.29, 0.717) is 19.4 Å². The Hall–Kier alpha value is -1.85. The molecule has 1 atom stereocenters. The first kappa shape index (κ1) is 14.6. The number of rotatable bonds is 4. The van der Waals surface area contributed by atoms with Gasteiger partial charge in [-0.1, -0.05) is 0 Å². The molecule has 1 aromatic heterocycles. The van der Waals surface area contributed by atoms with Crippen molar-refractivity contribution in [2.45, 2.75) is 52.0 Å². The fourth-order valence-corrected chi connectivity index (χ4v) is 2.35. The molecule has 2 rings (SSSR count). The summed E-state index contributed by atoms with van der Waals surface area (Å²) in [5.74, 6) is -0.158. The molecular weight excluding hydrogens is 256 g/mol. The molecule has 2 amide bonds. The summed E-state index contributed by atoms with van der Waals surface area (Å²) in [5.41, 5.74) is 3.05. The van der Waals surface area contributed by atoms with Crippen molar-refractivity contribution in [3.05, 3.63) is 17.0 Å². The molecule has 1 fully saturated rings. The van der Waals surface area contributed by atoms with Gasteiger partial charge in [0, 0.05) is 25.1 Å². The lowest BCUT2D eigenvalue weighted by molar-refractivity contribution is -0.128. The van der Waals surface area contributed by atoms with Crippen LogP contribution in [-0.4, -0.2) is 34.6 Å². The summed E-state index contributed by atoms with van der Waals surface area (Å²) in [6.07, 6.45) is 3.61. The quantitative estimate of drug-likeness (QED) is 0.759. The van der Waals surface area contributed by atoms with Gasteiger partial charge in [0.15, 0.2) is 0 Å². The van der Waals surface area contributed by atoms with E-state index in [1.165, 1.54) is 0 Å². The SMILES string of the molecule is Cc1[nH]nc(CCC(=O)N[C@H]2CCCCNC2=O)c1C. The Morgan fingerprint density at radius 1 is 1.40 bits per heavy atom. The van der Waals surface area contributed by atoms with Gasteiger partial charge in [-0.25, -0.2) is 0 Å². The van der Waals surface area contributed by atoms with Gasteiger partial charge in [-0.3, -0.25) is 14.7 Å². The van der Waals surface area contributed by atoms with Crippen LogP contribution in [0.4, 0.5) is 0 Å². The van der Waals surface area contributed by atoms with Gasteiger partial charge in [-0.15, -0.1) is 0 Å². The van der Waals surface area contributed by atoms with E-state index in [9.17, 15) is 9.59 Å². The molecule has 6 nitrogen and oxygen atoms in total. The molecule has 1 saturated heterocycles. The third kappa shape index (κ3) is 3.59. The van der Waals surface area contributed by atoms with E-state index < -0.39 is 0 Å². The molecular formula is C14H22N4O2. The summed E-state index contributed by atoms with van der Waals surface area (Å²) >= 11 is 0. The fraction of sp³-hybridized carbons (Fsp3) is 0.643. The average Bonchev–Trinajstić information content (AvgIpc) is 2.61. The predicted octanol–water partition coefficient (Wildman–Crippen LogP) is 0.744. The summed E-state index contributed by atoms with van der Waals surface area (Å²) in [4.78, 5) is 23.7. The predicted molar refractivity (Wildman–Crippen MR) is 75.2 cm³/mol. The Kier molecular flexibility index (Phi) is 4.76. The Labute approximate surface area is 118 Å². The molecule has 2 heterocycles. The molecule has 110 valence electrons. The molecule has 0 aliphatic carbocycles. The maximum absolute atomic E-state index is 11.9. The van der Waals surface area contributed by atoms with E-state index in [1.807, 2.05) is 13.8 Å². The van der Waals surface area contributed by atoms with Gasteiger partial charge in [-0.2, -0.15) is 5.10 Å². The maximum atomic E-state index is 11.9. The Balaban J connectivity index is 1.83. The van der Waals surface area contributed by atoms with Crippen LogP contribution >= 0.6 is 0 Å². The molecule has 3 N–H and O–H groups in total. The van der Waals surface area contributed by atoms with Crippen molar-refractivity contribution in [2.75, 3.05) is 6.54 Å². The van der Waals surface area contributed by atoms with E-state index in [1.54, 1.807) is 0 Å². The number of hydrogen-bond donors (Lipinski definition) is 3. The van der Waals surface area contributed by atoms with Gasteiger partial charge in [0.1, 0.15) is 6.04 Å². The third-order valence-corrected chi connectivity index (χ3v) is 3.81. The van der Waals surface area contributed by atoms with E-state index in [4.69, 9.17) is 0 Å².